The van der Waals surface area contributed by atoms with Gasteiger partial charge in [-0.25, -0.2) is 0 Å². The molecule has 2 aliphatic heterocycles. The molecule has 2 unspecified atom stereocenters. The van der Waals surface area contributed by atoms with Gasteiger partial charge in [0.25, 0.3) is 0 Å². The zero-order valence-electron chi connectivity index (χ0n) is 10.6. The lowest BCUT2D eigenvalue weighted by atomic mass is 9.97. The van der Waals surface area contributed by atoms with E-state index in [-0.39, 0.29) is 0 Å². The van der Waals surface area contributed by atoms with Gasteiger partial charge >= 0.3 is 0 Å². The average Bonchev–Trinajstić information content (AvgIpc) is 2.76. The van der Waals surface area contributed by atoms with Crippen LogP contribution in [0.4, 0.5) is 0 Å². The van der Waals surface area contributed by atoms with E-state index in [1.807, 2.05) is 0 Å². The summed E-state index contributed by atoms with van der Waals surface area (Å²) in [6, 6.07) is 1.72. The first-order valence-electron chi connectivity index (χ1n) is 6.95. The van der Waals surface area contributed by atoms with Gasteiger partial charge in [-0.05, 0) is 63.2 Å². The maximum absolute atomic E-state index is 3.75. The number of hydrogen-bond acceptors (Lipinski definition) is 3. The Morgan fingerprint density at radius 3 is 3.12 bits per heavy atom. The van der Waals surface area contributed by atoms with E-state index in [1.54, 1.807) is 0 Å². The minimum absolute atomic E-state index is 0.811. The van der Waals surface area contributed by atoms with Crippen LogP contribution in [0, 0.1) is 0 Å². The largest absolute Gasteiger partial charge is 0.314 e. The van der Waals surface area contributed by atoms with Crippen molar-refractivity contribution < 1.29 is 0 Å². The third-order valence-electron chi connectivity index (χ3n) is 3.92. The third-order valence-corrected chi connectivity index (χ3v) is 4.91. The summed E-state index contributed by atoms with van der Waals surface area (Å²) in [7, 11) is 0. The second-order valence-electron chi connectivity index (χ2n) is 5.06. The number of hydrogen-bond donors (Lipinski definition) is 1. The lowest BCUT2D eigenvalue weighted by Gasteiger charge is -2.35. The van der Waals surface area contributed by atoms with Crippen LogP contribution in [0.1, 0.15) is 39.0 Å². The number of thioether (sulfide) groups is 1. The Morgan fingerprint density at radius 1 is 1.31 bits per heavy atom. The zero-order valence-corrected chi connectivity index (χ0v) is 11.4. The standard InChI is InChI=1S/C13H26N2S/c1-2-16-10-4-7-14-12-6-9-15-8-3-5-13(15)11-12/h12-14H,2-11H2,1H3. The predicted octanol–water partition coefficient (Wildman–Crippen LogP) is 2.35. The number of nitrogens with zero attached hydrogens (tertiary/aromatic N) is 1. The van der Waals surface area contributed by atoms with E-state index in [0.29, 0.717) is 0 Å². The van der Waals surface area contributed by atoms with Crippen molar-refractivity contribution in [1.29, 1.82) is 0 Å². The van der Waals surface area contributed by atoms with Crippen LogP contribution in [0.15, 0.2) is 0 Å². The van der Waals surface area contributed by atoms with Crippen molar-refractivity contribution in [2.75, 3.05) is 31.1 Å². The summed E-state index contributed by atoms with van der Waals surface area (Å²) in [5, 5.41) is 3.75. The second-order valence-corrected chi connectivity index (χ2v) is 6.45. The van der Waals surface area contributed by atoms with E-state index >= 15 is 0 Å². The molecule has 0 aliphatic carbocycles. The fraction of sp³-hybridized carbons (Fsp3) is 1.00. The monoisotopic (exact) mass is 242 g/mol. The molecule has 2 aliphatic rings. The summed E-state index contributed by atoms with van der Waals surface area (Å²) < 4.78 is 0. The van der Waals surface area contributed by atoms with Crippen molar-refractivity contribution in [3.63, 3.8) is 0 Å². The van der Waals surface area contributed by atoms with Gasteiger partial charge in [-0.15, -0.1) is 0 Å². The average molecular weight is 242 g/mol. The Bertz CT molecular complexity index is 198. The van der Waals surface area contributed by atoms with Crippen molar-refractivity contribution in [3.8, 4) is 0 Å². The molecule has 0 amide bonds. The second kappa shape index (κ2) is 6.87. The van der Waals surface area contributed by atoms with E-state index in [1.165, 1.54) is 63.2 Å². The van der Waals surface area contributed by atoms with Crippen LogP contribution in [-0.4, -0.2) is 48.1 Å². The van der Waals surface area contributed by atoms with E-state index in [0.717, 1.165) is 12.1 Å². The van der Waals surface area contributed by atoms with Crippen LogP contribution in [0.2, 0.25) is 0 Å². The zero-order chi connectivity index (χ0) is 11.2. The molecule has 0 bridgehead atoms. The number of piperidine rings is 1. The Hall–Kier alpha value is 0.270. The van der Waals surface area contributed by atoms with E-state index in [4.69, 9.17) is 0 Å². The Kier molecular flexibility index (Phi) is 5.46. The molecule has 16 heavy (non-hydrogen) atoms. The van der Waals surface area contributed by atoms with Crippen LogP contribution >= 0.6 is 11.8 Å². The minimum atomic E-state index is 0.811. The quantitative estimate of drug-likeness (QED) is 0.720. The van der Waals surface area contributed by atoms with Gasteiger partial charge in [0.15, 0.2) is 0 Å². The van der Waals surface area contributed by atoms with Crippen LogP contribution in [0.3, 0.4) is 0 Å². The van der Waals surface area contributed by atoms with Gasteiger partial charge in [-0.1, -0.05) is 6.92 Å². The molecule has 0 aromatic heterocycles. The molecule has 3 heteroatoms. The van der Waals surface area contributed by atoms with Gasteiger partial charge in [0.2, 0.25) is 0 Å². The normalized spacial score (nSPS) is 30.6. The summed E-state index contributed by atoms with van der Waals surface area (Å²) >= 11 is 2.06. The van der Waals surface area contributed by atoms with Crippen LogP contribution in [0.5, 0.6) is 0 Å². The number of nitrogens with one attached hydrogen (secondary N) is 1. The van der Waals surface area contributed by atoms with Crippen molar-refractivity contribution in [1.82, 2.24) is 10.2 Å². The fourth-order valence-corrected chi connectivity index (χ4v) is 3.67. The summed E-state index contributed by atoms with van der Waals surface area (Å²) in [4.78, 5) is 2.70. The summed E-state index contributed by atoms with van der Waals surface area (Å²) in [6.45, 7) is 6.18. The first kappa shape index (κ1) is 12.7. The maximum atomic E-state index is 3.75. The van der Waals surface area contributed by atoms with Crippen molar-refractivity contribution >= 4 is 11.8 Å². The van der Waals surface area contributed by atoms with Gasteiger partial charge in [0, 0.05) is 12.1 Å². The smallest absolute Gasteiger partial charge is 0.0111 e. The van der Waals surface area contributed by atoms with Gasteiger partial charge < -0.3 is 10.2 Å². The third kappa shape index (κ3) is 3.64. The van der Waals surface area contributed by atoms with Gasteiger partial charge in [-0.2, -0.15) is 11.8 Å². The number of rotatable bonds is 6. The lowest BCUT2D eigenvalue weighted by Crippen LogP contribution is -2.45. The van der Waals surface area contributed by atoms with E-state index in [2.05, 4.69) is 28.9 Å². The van der Waals surface area contributed by atoms with Gasteiger partial charge in [-0.3, -0.25) is 0 Å². The molecule has 1 N–H and O–H groups in total. The first-order chi connectivity index (χ1) is 7.90. The van der Waals surface area contributed by atoms with E-state index < -0.39 is 0 Å². The molecule has 94 valence electrons. The topological polar surface area (TPSA) is 15.3 Å². The molecule has 2 saturated heterocycles. The molecule has 2 heterocycles. The molecule has 0 aromatic rings. The summed E-state index contributed by atoms with van der Waals surface area (Å²) in [5.74, 6) is 2.59. The van der Waals surface area contributed by atoms with Gasteiger partial charge in [0.05, 0.1) is 0 Å². The number of fused-ring (bicyclic) bond motifs is 1. The fourth-order valence-electron chi connectivity index (χ4n) is 3.03. The van der Waals surface area contributed by atoms with Crippen LogP contribution in [-0.2, 0) is 0 Å². The highest BCUT2D eigenvalue weighted by atomic mass is 32.2. The van der Waals surface area contributed by atoms with Crippen LogP contribution in [0.25, 0.3) is 0 Å². The molecular weight excluding hydrogens is 216 g/mol. The first-order valence-corrected chi connectivity index (χ1v) is 8.11. The van der Waals surface area contributed by atoms with Gasteiger partial charge in [0.1, 0.15) is 0 Å². The molecule has 0 radical (unpaired) electrons. The maximum Gasteiger partial charge on any atom is 0.0111 e. The highest BCUT2D eigenvalue weighted by Crippen LogP contribution is 2.26. The highest BCUT2D eigenvalue weighted by Gasteiger charge is 2.31. The molecule has 0 spiro atoms. The molecule has 0 aromatic carbocycles. The molecular formula is C13H26N2S. The molecule has 2 fully saturated rings. The van der Waals surface area contributed by atoms with E-state index in [9.17, 15) is 0 Å². The van der Waals surface area contributed by atoms with Crippen LogP contribution < -0.4 is 5.32 Å². The van der Waals surface area contributed by atoms with Crippen molar-refractivity contribution in [2.45, 2.75) is 51.1 Å². The Morgan fingerprint density at radius 2 is 2.25 bits per heavy atom. The summed E-state index contributed by atoms with van der Waals surface area (Å²) in [6.07, 6.45) is 7.00. The predicted molar refractivity (Wildman–Crippen MR) is 73.2 cm³/mol. The minimum Gasteiger partial charge on any atom is -0.314 e. The molecule has 2 nitrogen and oxygen atoms in total. The summed E-state index contributed by atoms with van der Waals surface area (Å²) in [5.41, 5.74) is 0. The highest BCUT2D eigenvalue weighted by molar-refractivity contribution is 7.99. The Labute approximate surface area is 105 Å². The van der Waals surface area contributed by atoms with Crippen molar-refractivity contribution in [3.05, 3.63) is 0 Å². The Balaban J connectivity index is 1.56. The molecule has 0 saturated carbocycles. The molecule has 2 rings (SSSR count). The SMILES string of the molecule is CCSCCCNC1CCN2CCCC2C1. The van der Waals surface area contributed by atoms with Crippen molar-refractivity contribution in [2.24, 2.45) is 0 Å². The molecule has 2 atom stereocenters. The lowest BCUT2D eigenvalue weighted by molar-refractivity contribution is 0.167.